The number of nitrogens with zero attached hydrogens (tertiary/aromatic N) is 3. The van der Waals surface area contributed by atoms with Gasteiger partial charge in [0.15, 0.2) is 0 Å². The average Bonchev–Trinajstić information content (AvgIpc) is 3.87. The summed E-state index contributed by atoms with van der Waals surface area (Å²) in [6, 6.07) is 63.0. The lowest BCUT2D eigenvalue weighted by atomic mass is 9.83. The Hall–Kier alpha value is -7.95. The third-order valence-electron chi connectivity index (χ3n) is 12.8. The van der Waals surface area contributed by atoms with Crippen LogP contribution in [0.5, 0.6) is 0 Å². The zero-order chi connectivity index (χ0) is 42.3. The van der Waals surface area contributed by atoms with E-state index in [1.54, 1.807) is 6.20 Å². The van der Waals surface area contributed by atoms with Crippen molar-refractivity contribution < 1.29 is 0 Å². The Morgan fingerprint density at radius 3 is 1.98 bits per heavy atom. The molecule has 302 valence electrons. The molecule has 1 aliphatic heterocycles. The van der Waals surface area contributed by atoms with Crippen LogP contribution >= 0.6 is 0 Å². The number of likely N-dealkylation sites (tertiary alicyclic amines) is 1. The third kappa shape index (κ3) is 7.06. The molecule has 2 aliphatic carbocycles. The van der Waals surface area contributed by atoms with Gasteiger partial charge in [-0.25, -0.2) is 4.99 Å². The second-order valence-corrected chi connectivity index (χ2v) is 16.6. The molecule has 3 unspecified atom stereocenters. The van der Waals surface area contributed by atoms with Gasteiger partial charge in [0.2, 0.25) is 5.96 Å². The molecular formula is C59H46N4. The lowest BCUT2D eigenvalue weighted by Crippen LogP contribution is -2.40. The molecule has 0 bridgehead atoms. The van der Waals surface area contributed by atoms with Crippen molar-refractivity contribution in [3.05, 3.63) is 254 Å². The summed E-state index contributed by atoms with van der Waals surface area (Å²) in [7, 11) is 0. The monoisotopic (exact) mass is 810 g/mol. The molecule has 0 amide bonds. The maximum atomic E-state index is 6.92. The third-order valence-corrected chi connectivity index (χ3v) is 12.8. The van der Waals surface area contributed by atoms with E-state index in [9.17, 15) is 0 Å². The number of benzene rings is 7. The van der Waals surface area contributed by atoms with Crippen LogP contribution in [-0.4, -0.2) is 21.5 Å². The topological polar surface area (TPSA) is 46.5 Å². The largest absolute Gasteiger partial charge is 0.369 e. The molecular weight excluding hydrogens is 765 g/mol. The Kier molecular flexibility index (Phi) is 9.74. The summed E-state index contributed by atoms with van der Waals surface area (Å²) in [4.78, 5) is 7.05. The van der Waals surface area contributed by atoms with Gasteiger partial charge < -0.3 is 15.2 Å². The Morgan fingerprint density at radius 2 is 1.24 bits per heavy atom. The van der Waals surface area contributed by atoms with Crippen molar-refractivity contribution >= 4 is 33.3 Å². The van der Waals surface area contributed by atoms with Crippen LogP contribution in [0.3, 0.4) is 0 Å². The Morgan fingerprint density at radius 1 is 0.603 bits per heavy atom. The molecule has 2 N–H and O–H groups in total. The van der Waals surface area contributed by atoms with Gasteiger partial charge in [0.25, 0.3) is 0 Å². The maximum absolute atomic E-state index is 6.92. The molecule has 3 atom stereocenters. The molecule has 1 aromatic heterocycles. The SMILES string of the molecule is C=C(/C=C\N=C(/N)N1C2=CCC(c3ccc4c(c3)c3ccccc3n4-c3ccccc3)C=C2C2C=CC=CC21)c1cccc(-c2cc(-c3ccccc3)cc(-c3ccccc3)c2)c1. The van der Waals surface area contributed by atoms with Crippen LogP contribution in [0.15, 0.2) is 247 Å². The molecule has 8 aromatic rings. The van der Waals surface area contributed by atoms with Crippen molar-refractivity contribution in [1.82, 2.24) is 9.47 Å². The molecule has 4 heteroatoms. The quantitative estimate of drug-likeness (QED) is 0.0944. The van der Waals surface area contributed by atoms with Crippen LogP contribution in [0.2, 0.25) is 0 Å². The summed E-state index contributed by atoms with van der Waals surface area (Å²) in [5.74, 6) is 0.901. The van der Waals surface area contributed by atoms with Crippen LogP contribution in [-0.2, 0) is 0 Å². The van der Waals surface area contributed by atoms with Crippen molar-refractivity contribution in [1.29, 1.82) is 0 Å². The number of hydrogen-bond donors (Lipinski definition) is 1. The fourth-order valence-electron chi connectivity index (χ4n) is 9.77. The number of hydrogen-bond acceptors (Lipinski definition) is 1. The highest BCUT2D eigenvalue weighted by Gasteiger charge is 2.42. The molecule has 1 saturated heterocycles. The summed E-state index contributed by atoms with van der Waals surface area (Å²) in [6.45, 7) is 4.45. The molecule has 0 radical (unpaired) electrons. The molecule has 11 rings (SSSR count). The molecule has 3 aliphatic rings. The van der Waals surface area contributed by atoms with Gasteiger partial charge in [-0.05, 0) is 123 Å². The van der Waals surface area contributed by atoms with E-state index in [2.05, 4.69) is 228 Å². The first-order valence-electron chi connectivity index (χ1n) is 21.8. The number of rotatable bonds is 8. The molecule has 1 fully saturated rings. The van der Waals surface area contributed by atoms with Gasteiger partial charge in [-0.15, -0.1) is 0 Å². The van der Waals surface area contributed by atoms with E-state index in [0.29, 0.717) is 5.96 Å². The van der Waals surface area contributed by atoms with Crippen molar-refractivity contribution in [2.24, 2.45) is 16.6 Å². The number of nitrogens with two attached hydrogens (primary N) is 1. The van der Waals surface area contributed by atoms with Crippen LogP contribution < -0.4 is 5.73 Å². The highest BCUT2D eigenvalue weighted by Crippen LogP contribution is 2.46. The van der Waals surface area contributed by atoms with Crippen LogP contribution in [0, 0.1) is 5.92 Å². The van der Waals surface area contributed by atoms with E-state index in [1.165, 1.54) is 60.9 Å². The number of para-hydroxylation sites is 2. The van der Waals surface area contributed by atoms with Crippen molar-refractivity contribution in [2.45, 2.75) is 18.4 Å². The molecule has 7 aromatic carbocycles. The first-order chi connectivity index (χ1) is 31.1. The molecule has 0 spiro atoms. The summed E-state index contributed by atoms with van der Waals surface area (Å²) in [5.41, 5.74) is 23.2. The average molecular weight is 811 g/mol. The zero-order valence-corrected chi connectivity index (χ0v) is 34.9. The van der Waals surface area contributed by atoms with Crippen molar-refractivity contribution in [3.63, 3.8) is 0 Å². The standard InChI is InChI=1S/C59H46N4/c1-40(43-20-15-21-44(34-43)49-36-47(41-16-5-2-6-17-41)35-48(37-49)42-18-7-3-8-19-42)32-33-61-59(60)63-56-27-14-12-25-52(56)54-39-46(29-31-58(54)63)45-28-30-57-53(38-45)51-24-11-13-26-55(51)62(57)50-22-9-4-10-23-50/h2-28,30-39,46,52,56H,1,29H2,(H2,60,61)/b33-32-. The lowest BCUT2D eigenvalue weighted by molar-refractivity contribution is 0.451. The summed E-state index contributed by atoms with van der Waals surface area (Å²) in [5, 5.41) is 2.54. The molecule has 4 nitrogen and oxygen atoms in total. The number of fused-ring (bicyclic) bond motifs is 6. The minimum atomic E-state index is 0.0574. The first-order valence-corrected chi connectivity index (χ1v) is 21.8. The van der Waals surface area contributed by atoms with Gasteiger partial charge in [0.05, 0.1) is 17.1 Å². The Balaban J connectivity index is 0.857. The second kappa shape index (κ2) is 16.2. The molecule has 2 heterocycles. The van der Waals surface area contributed by atoms with E-state index in [4.69, 9.17) is 10.7 Å². The van der Waals surface area contributed by atoms with Gasteiger partial charge in [0.1, 0.15) is 0 Å². The zero-order valence-electron chi connectivity index (χ0n) is 34.9. The number of aliphatic imine (C=N–C) groups is 1. The summed E-state index contributed by atoms with van der Waals surface area (Å²) >= 11 is 0. The van der Waals surface area contributed by atoms with Gasteiger partial charge in [0, 0.05) is 40.2 Å². The van der Waals surface area contributed by atoms with E-state index >= 15 is 0 Å². The van der Waals surface area contributed by atoms with Crippen LogP contribution in [0.4, 0.5) is 0 Å². The van der Waals surface area contributed by atoms with E-state index in [0.717, 1.165) is 34.4 Å². The van der Waals surface area contributed by atoms with Crippen LogP contribution in [0.25, 0.3) is 66.4 Å². The second-order valence-electron chi connectivity index (χ2n) is 16.6. The van der Waals surface area contributed by atoms with E-state index in [-0.39, 0.29) is 17.9 Å². The minimum Gasteiger partial charge on any atom is -0.369 e. The predicted molar refractivity (Wildman–Crippen MR) is 264 cm³/mol. The van der Waals surface area contributed by atoms with Gasteiger partial charge >= 0.3 is 0 Å². The highest BCUT2D eigenvalue weighted by molar-refractivity contribution is 6.09. The van der Waals surface area contributed by atoms with E-state index < -0.39 is 0 Å². The maximum Gasteiger partial charge on any atom is 0.201 e. The van der Waals surface area contributed by atoms with Crippen LogP contribution in [0.1, 0.15) is 23.5 Å². The summed E-state index contributed by atoms with van der Waals surface area (Å²) < 4.78 is 2.38. The normalized spacial score (nSPS) is 18.1. The van der Waals surface area contributed by atoms with E-state index in [1.807, 2.05) is 6.08 Å². The van der Waals surface area contributed by atoms with Crippen molar-refractivity contribution in [3.8, 4) is 39.1 Å². The number of allylic oxidation sites excluding steroid dienone is 7. The lowest BCUT2D eigenvalue weighted by Gasteiger charge is -2.27. The van der Waals surface area contributed by atoms with Gasteiger partial charge in [-0.2, -0.15) is 0 Å². The van der Waals surface area contributed by atoms with Gasteiger partial charge in [-0.3, -0.25) is 0 Å². The molecule has 0 saturated carbocycles. The minimum absolute atomic E-state index is 0.0574. The fourth-order valence-corrected chi connectivity index (χ4v) is 9.77. The summed E-state index contributed by atoms with van der Waals surface area (Å²) in [6.07, 6.45) is 18.3. The fraction of sp³-hybridized carbons (Fsp3) is 0.0678. The first kappa shape index (κ1) is 38.0. The highest BCUT2D eigenvalue weighted by atomic mass is 15.3. The Bertz CT molecular complexity index is 3180. The number of guanidine groups is 1. The predicted octanol–water partition coefficient (Wildman–Crippen LogP) is 14.1. The smallest absolute Gasteiger partial charge is 0.201 e. The van der Waals surface area contributed by atoms with Gasteiger partial charge in [-0.1, -0.05) is 164 Å². The molecule has 63 heavy (non-hydrogen) atoms. The Labute approximate surface area is 369 Å². The number of aromatic nitrogens is 1. The van der Waals surface area contributed by atoms with Crippen molar-refractivity contribution in [2.75, 3.05) is 0 Å².